The lowest BCUT2D eigenvalue weighted by molar-refractivity contribution is -0.118. The lowest BCUT2D eigenvalue weighted by Crippen LogP contribution is -2.26. The maximum Gasteiger partial charge on any atom is 0.264 e. The molecule has 0 aliphatic carbocycles. The van der Waals surface area contributed by atoms with Crippen molar-refractivity contribution >= 4 is 33.2 Å². The number of nitrogens with zero attached hydrogens (tertiary/aromatic N) is 1. The molecule has 3 aromatic rings. The van der Waals surface area contributed by atoms with Gasteiger partial charge in [-0.05, 0) is 60.7 Å². The largest absolute Gasteiger partial charge is 0.484 e. The minimum Gasteiger partial charge on any atom is -0.484 e. The zero-order valence-corrected chi connectivity index (χ0v) is 17.5. The Hall–Kier alpha value is -3.85. The van der Waals surface area contributed by atoms with Crippen molar-refractivity contribution in [3.63, 3.8) is 0 Å². The molecule has 0 radical (unpaired) electrons. The summed E-state index contributed by atoms with van der Waals surface area (Å²) in [5.41, 5.74) is 6.47. The fourth-order valence-corrected chi connectivity index (χ4v) is 3.92. The molecule has 0 aliphatic rings. The highest BCUT2D eigenvalue weighted by molar-refractivity contribution is 7.92. The van der Waals surface area contributed by atoms with E-state index in [0.29, 0.717) is 22.7 Å². The molecule has 0 aliphatic heterocycles. The second-order valence-corrected chi connectivity index (χ2v) is 8.53. The predicted molar refractivity (Wildman–Crippen MR) is 118 cm³/mol. The van der Waals surface area contributed by atoms with Gasteiger partial charge in [0.1, 0.15) is 5.75 Å². The van der Waals surface area contributed by atoms with Crippen molar-refractivity contribution < 1.29 is 22.7 Å². The fraction of sp³-hybridized carbons (Fsp3) is 0.0909. The third-order valence-corrected chi connectivity index (χ3v) is 6.22. The molecule has 31 heavy (non-hydrogen) atoms. The van der Waals surface area contributed by atoms with Gasteiger partial charge in [0.25, 0.3) is 15.9 Å². The van der Waals surface area contributed by atoms with Crippen LogP contribution in [0, 0.1) is 0 Å². The van der Waals surface area contributed by atoms with Crippen LogP contribution in [0.15, 0.2) is 83.8 Å². The molecule has 0 aromatic heterocycles. The first-order valence-electron chi connectivity index (χ1n) is 9.24. The van der Waals surface area contributed by atoms with E-state index in [1.807, 2.05) is 0 Å². The molecule has 160 valence electrons. The van der Waals surface area contributed by atoms with E-state index >= 15 is 0 Å². The molecule has 3 aromatic carbocycles. The molecule has 0 saturated carbocycles. The molecular formula is C22H21N3O5S. The summed E-state index contributed by atoms with van der Waals surface area (Å²) in [6.45, 7) is -0.241. The van der Waals surface area contributed by atoms with Gasteiger partial charge >= 0.3 is 0 Å². The molecule has 0 fully saturated rings. The summed E-state index contributed by atoms with van der Waals surface area (Å²) in [4.78, 5) is 23.3. The molecule has 2 amide bonds. The van der Waals surface area contributed by atoms with Gasteiger partial charge in [0.2, 0.25) is 5.91 Å². The number of carbonyl (C=O) groups is 2. The van der Waals surface area contributed by atoms with Gasteiger partial charge in [0.05, 0.1) is 10.6 Å². The van der Waals surface area contributed by atoms with Crippen LogP contribution >= 0.6 is 0 Å². The summed E-state index contributed by atoms with van der Waals surface area (Å²) in [6.07, 6.45) is 0. The Labute approximate surface area is 180 Å². The number of sulfonamides is 1. The Kier molecular flexibility index (Phi) is 6.56. The molecule has 8 nitrogen and oxygen atoms in total. The van der Waals surface area contributed by atoms with Gasteiger partial charge in [-0.1, -0.05) is 18.2 Å². The monoisotopic (exact) mass is 439 g/mol. The Bertz CT molecular complexity index is 1160. The number of carbonyl (C=O) groups excluding carboxylic acids is 2. The van der Waals surface area contributed by atoms with Gasteiger partial charge in [-0.2, -0.15) is 0 Å². The number of nitrogens with two attached hydrogens (primary N) is 1. The Balaban J connectivity index is 1.58. The number of benzene rings is 3. The van der Waals surface area contributed by atoms with E-state index in [4.69, 9.17) is 10.5 Å². The topological polar surface area (TPSA) is 119 Å². The maximum atomic E-state index is 12.7. The third-order valence-electron chi connectivity index (χ3n) is 4.43. The second-order valence-electron chi connectivity index (χ2n) is 6.56. The van der Waals surface area contributed by atoms with Crippen LogP contribution in [0.1, 0.15) is 10.4 Å². The van der Waals surface area contributed by atoms with Gasteiger partial charge in [-0.25, -0.2) is 8.42 Å². The van der Waals surface area contributed by atoms with Crippen molar-refractivity contribution in [2.75, 3.05) is 23.3 Å². The Morgan fingerprint density at radius 2 is 1.55 bits per heavy atom. The first-order valence-corrected chi connectivity index (χ1v) is 10.7. The van der Waals surface area contributed by atoms with Crippen LogP contribution in [-0.4, -0.2) is 33.9 Å². The number of amides is 2. The Morgan fingerprint density at radius 3 is 2.13 bits per heavy atom. The number of hydrogen-bond donors (Lipinski definition) is 2. The van der Waals surface area contributed by atoms with Gasteiger partial charge in [-0.15, -0.1) is 0 Å². The number of ether oxygens (including phenoxy) is 1. The summed E-state index contributed by atoms with van der Waals surface area (Å²) in [7, 11) is -2.21. The molecule has 0 atom stereocenters. The van der Waals surface area contributed by atoms with Crippen LogP contribution in [0.3, 0.4) is 0 Å². The number of anilines is 2. The zero-order chi connectivity index (χ0) is 22.4. The maximum absolute atomic E-state index is 12.7. The molecule has 0 saturated heterocycles. The lowest BCUT2D eigenvalue weighted by Gasteiger charge is -2.19. The SMILES string of the molecule is CN(c1ccc(OCC(=O)Nc2ccc(C(N)=O)cc2)cc1)S(=O)(=O)c1ccccc1. The lowest BCUT2D eigenvalue weighted by atomic mass is 10.2. The minimum absolute atomic E-state index is 0.193. The average Bonchev–Trinajstić information content (AvgIpc) is 2.78. The van der Waals surface area contributed by atoms with Crippen molar-refractivity contribution in [1.29, 1.82) is 0 Å². The van der Waals surface area contributed by atoms with E-state index in [2.05, 4.69) is 5.32 Å². The summed E-state index contributed by atoms with van der Waals surface area (Å²) < 4.78 is 32.0. The minimum atomic E-state index is -3.67. The normalized spacial score (nSPS) is 10.9. The highest BCUT2D eigenvalue weighted by Gasteiger charge is 2.20. The highest BCUT2D eigenvalue weighted by Crippen LogP contribution is 2.24. The molecule has 0 bridgehead atoms. The van der Waals surface area contributed by atoms with Gasteiger partial charge < -0.3 is 15.8 Å². The number of rotatable bonds is 8. The van der Waals surface area contributed by atoms with E-state index in [1.54, 1.807) is 54.6 Å². The van der Waals surface area contributed by atoms with Gasteiger partial charge in [0, 0.05) is 18.3 Å². The van der Waals surface area contributed by atoms with Crippen molar-refractivity contribution in [2.24, 2.45) is 5.73 Å². The van der Waals surface area contributed by atoms with Crippen LogP contribution < -0.4 is 20.1 Å². The van der Waals surface area contributed by atoms with E-state index < -0.39 is 15.9 Å². The van der Waals surface area contributed by atoms with Crippen LogP contribution in [-0.2, 0) is 14.8 Å². The third kappa shape index (κ3) is 5.40. The molecule has 3 N–H and O–H groups in total. The molecule has 0 unspecified atom stereocenters. The van der Waals surface area contributed by atoms with Crippen molar-refractivity contribution in [3.05, 3.63) is 84.4 Å². The van der Waals surface area contributed by atoms with Gasteiger partial charge in [-0.3, -0.25) is 13.9 Å². The van der Waals surface area contributed by atoms with Crippen molar-refractivity contribution in [2.45, 2.75) is 4.90 Å². The first-order chi connectivity index (χ1) is 14.8. The van der Waals surface area contributed by atoms with E-state index in [9.17, 15) is 18.0 Å². The summed E-state index contributed by atoms with van der Waals surface area (Å²) >= 11 is 0. The second kappa shape index (κ2) is 9.31. The van der Waals surface area contributed by atoms with Crippen molar-refractivity contribution in [1.82, 2.24) is 0 Å². The zero-order valence-electron chi connectivity index (χ0n) is 16.7. The van der Waals surface area contributed by atoms with Crippen LogP contribution in [0.2, 0.25) is 0 Å². The molecule has 0 heterocycles. The Morgan fingerprint density at radius 1 is 0.935 bits per heavy atom. The fourth-order valence-electron chi connectivity index (χ4n) is 2.71. The molecular weight excluding hydrogens is 418 g/mol. The quantitative estimate of drug-likeness (QED) is 0.559. The van der Waals surface area contributed by atoms with E-state index in [1.165, 1.54) is 35.6 Å². The smallest absolute Gasteiger partial charge is 0.264 e. The average molecular weight is 439 g/mol. The molecule has 9 heteroatoms. The van der Waals surface area contributed by atoms with Crippen LogP contribution in [0.5, 0.6) is 5.75 Å². The summed E-state index contributed by atoms with van der Waals surface area (Å²) in [5, 5.41) is 2.64. The number of primary amides is 1. The van der Waals surface area contributed by atoms with Crippen LogP contribution in [0.4, 0.5) is 11.4 Å². The summed E-state index contributed by atoms with van der Waals surface area (Å²) in [5.74, 6) is -0.528. The molecule has 0 spiro atoms. The summed E-state index contributed by atoms with van der Waals surface area (Å²) in [6, 6.07) is 20.6. The standard InChI is InChI=1S/C22H21N3O5S/c1-25(31(28,29)20-5-3-2-4-6-20)18-11-13-19(14-12-18)30-15-21(26)24-17-9-7-16(8-10-17)22(23)27/h2-14H,15H2,1H3,(H2,23,27)(H,24,26). The molecule has 3 rings (SSSR count). The van der Waals surface area contributed by atoms with Crippen molar-refractivity contribution in [3.8, 4) is 5.75 Å². The van der Waals surface area contributed by atoms with E-state index in [0.717, 1.165) is 0 Å². The highest BCUT2D eigenvalue weighted by atomic mass is 32.2. The van der Waals surface area contributed by atoms with Crippen LogP contribution in [0.25, 0.3) is 0 Å². The van der Waals surface area contributed by atoms with E-state index in [-0.39, 0.29) is 17.4 Å². The van der Waals surface area contributed by atoms with Gasteiger partial charge in [0.15, 0.2) is 6.61 Å². The number of nitrogens with one attached hydrogen (secondary N) is 1. The number of hydrogen-bond acceptors (Lipinski definition) is 5. The predicted octanol–water partition coefficient (Wildman–Crippen LogP) is 2.63. The first kappa shape index (κ1) is 21.8.